The number of morpholine rings is 1. The van der Waals surface area contributed by atoms with Crippen LogP contribution in [0.4, 0.5) is 4.39 Å². The molecule has 1 N–H and O–H groups in total. The second-order valence-electron chi connectivity index (χ2n) is 11.1. The Labute approximate surface area is 213 Å². The van der Waals surface area contributed by atoms with Crippen LogP contribution in [0.15, 0.2) is 64.8 Å². The zero-order valence-corrected chi connectivity index (χ0v) is 21.5. The number of carbonyl (C=O) groups is 1. The Hall–Kier alpha value is -2.93. The van der Waals surface area contributed by atoms with Crippen LogP contribution in [0.3, 0.4) is 0 Å². The second-order valence-corrected chi connectivity index (χ2v) is 11.1. The molecule has 0 bridgehead atoms. The van der Waals surface area contributed by atoms with Crippen molar-refractivity contribution < 1.29 is 13.9 Å². The Morgan fingerprint density at radius 3 is 2.47 bits per heavy atom. The van der Waals surface area contributed by atoms with Crippen LogP contribution in [0.5, 0.6) is 0 Å². The first-order valence-electron chi connectivity index (χ1n) is 13.1. The van der Waals surface area contributed by atoms with E-state index in [1.807, 2.05) is 17.1 Å². The molecule has 1 aromatic carbocycles. The van der Waals surface area contributed by atoms with Crippen molar-refractivity contribution in [1.29, 1.82) is 0 Å². The van der Waals surface area contributed by atoms with Gasteiger partial charge in [-0.25, -0.2) is 9.38 Å². The summed E-state index contributed by atoms with van der Waals surface area (Å²) in [7, 11) is 0. The van der Waals surface area contributed by atoms with Crippen molar-refractivity contribution in [2.24, 2.45) is 10.9 Å². The molecule has 1 saturated carbocycles. The van der Waals surface area contributed by atoms with Gasteiger partial charge in [-0.3, -0.25) is 4.79 Å². The minimum Gasteiger partial charge on any atom is -0.378 e. The molecule has 1 saturated heterocycles. The Kier molecular flexibility index (Phi) is 7.02. The topological polar surface area (TPSA) is 57.2 Å². The molecule has 0 radical (unpaired) electrons. The molecule has 36 heavy (non-hydrogen) atoms. The summed E-state index contributed by atoms with van der Waals surface area (Å²) < 4.78 is 20.6. The molecule has 2 aliphatic heterocycles. The molecular weight excluding hydrogens is 455 g/mol. The summed E-state index contributed by atoms with van der Waals surface area (Å²) in [6.07, 6.45) is 7.79. The normalized spacial score (nSPS) is 24.4. The van der Waals surface area contributed by atoms with E-state index in [-0.39, 0.29) is 23.9 Å². The van der Waals surface area contributed by atoms with Gasteiger partial charge in [0, 0.05) is 31.4 Å². The molecule has 2 fully saturated rings. The van der Waals surface area contributed by atoms with E-state index in [0.29, 0.717) is 37.0 Å². The van der Waals surface area contributed by atoms with Gasteiger partial charge >= 0.3 is 0 Å². The zero-order valence-electron chi connectivity index (χ0n) is 21.5. The summed E-state index contributed by atoms with van der Waals surface area (Å²) in [5.41, 5.74) is 3.67. The van der Waals surface area contributed by atoms with Gasteiger partial charge in [0.15, 0.2) is 5.96 Å². The number of carbonyl (C=O) groups excluding carboxylic acids is 1. The molecule has 2 heterocycles. The molecule has 4 aliphatic rings. The van der Waals surface area contributed by atoms with E-state index in [1.165, 1.54) is 5.56 Å². The SMILES string of the molecule is CC(C)(C)c1ccc(CN(C(=O)C2=C(C3C=CC=CC3F)NC(N3CCOCC3)=NC2)C2CC2)cc1. The summed E-state index contributed by atoms with van der Waals surface area (Å²) in [6, 6.07) is 8.78. The van der Waals surface area contributed by atoms with Crippen LogP contribution in [-0.4, -0.2) is 66.7 Å². The monoisotopic (exact) mass is 492 g/mol. The highest BCUT2D eigenvalue weighted by atomic mass is 19.1. The Morgan fingerprint density at radius 1 is 1.14 bits per heavy atom. The van der Waals surface area contributed by atoms with E-state index in [0.717, 1.165) is 31.5 Å². The van der Waals surface area contributed by atoms with Crippen molar-refractivity contribution in [3.05, 3.63) is 71.0 Å². The number of aliphatic imine (C=N–C) groups is 1. The third-order valence-electron chi connectivity index (χ3n) is 7.35. The van der Waals surface area contributed by atoms with E-state index in [4.69, 9.17) is 9.73 Å². The lowest BCUT2D eigenvalue weighted by molar-refractivity contribution is -0.128. The lowest BCUT2D eigenvalue weighted by Gasteiger charge is -2.36. The van der Waals surface area contributed by atoms with Crippen LogP contribution in [-0.2, 0) is 21.5 Å². The standard InChI is InChI=1S/C29H37FN4O2/c1-29(2,3)21-10-8-20(9-11-21)19-34(22-12-13-22)27(35)24-18-31-28(33-14-16-36-17-15-33)32-26(24)23-6-4-5-7-25(23)30/h4-11,22-23,25H,12-19H2,1-3H3,(H,31,32). The van der Waals surface area contributed by atoms with Crippen LogP contribution in [0.25, 0.3) is 0 Å². The van der Waals surface area contributed by atoms with Crippen LogP contribution < -0.4 is 5.32 Å². The number of hydrogen-bond acceptors (Lipinski definition) is 5. The fourth-order valence-corrected chi connectivity index (χ4v) is 4.96. The molecular formula is C29H37FN4O2. The first-order chi connectivity index (χ1) is 17.3. The number of benzene rings is 1. The highest BCUT2D eigenvalue weighted by Crippen LogP contribution is 2.33. The van der Waals surface area contributed by atoms with E-state index in [9.17, 15) is 4.79 Å². The minimum absolute atomic E-state index is 0.0418. The third-order valence-corrected chi connectivity index (χ3v) is 7.35. The lowest BCUT2D eigenvalue weighted by Crippen LogP contribution is -2.51. The fraction of sp³-hybridized carbons (Fsp3) is 0.517. The van der Waals surface area contributed by atoms with E-state index < -0.39 is 12.1 Å². The fourth-order valence-electron chi connectivity index (χ4n) is 4.96. The molecule has 6 nitrogen and oxygen atoms in total. The number of nitrogens with zero attached hydrogens (tertiary/aromatic N) is 3. The number of allylic oxidation sites excluding steroid dienone is 4. The average molecular weight is 493 g/mol. The van der Waals surface area contributed by atoms with Crippen LogP contribution >= 0.6 is 0 Å². The molecule has 0 spiro atoms. The van der Waals surface area contributed by atoms with Crippen molar-refractivity contribution in [3.8, 4) is 0 Å². The van der Waals surface area contributed by atoms with Crippen LogP contribution in [0.1, 0.15) is 44.7 Å². The number of guanidine groups is 1. The predicted octanol–water partition coefficient (Wildman–Crippen LogP) is 4.10. The average Bonchev–Trinajstić information content (AvgIpc) is 3.73. The maximum Gasteiger partial charge on any atom is 0.254 e. The van der Waals surface area contributed by atoms with Gasteiger partial charge < -0.3 is 19.9 Å². The van der Waals surface area contributed by atoms with Crippen molar-refractivity contribution in [2.75, 3.05) is 32.8 Å². The van der Waals surface area contributed by atoms with Gasteiger partial charge in [0.2, 0.25) is 0 Å². The van der Waals surface area contributed by atoms with Gasteiger partial charge in [0.25, 0.3) is 5.91 Å². The summed E-state index contributed by atoms with van der Waals surface area (Å²) in [5, 5.41) is 3.38. The van der Waals surface area contributed by atoms with Crippen molar-refractivity contribution >= 4 is 11.9 Å². The quantitative estimate of drug-likeness (QED) is 0.673. The van der Waals surface area contributed by atoms with Crippen LogP contribution in [0.2, 0.25) is 0 Å². The highest BCUT2D eigenvalue weighted by molar-refractivity contribution is 5.98. The highest BCUT2D eigenvalue weighted by Gasteiger charge is 2.38. The smallest absolute Gasteiger partial charge is 0.254 e. The summed E-state index contributed by atoms with van der Waals surface area (Å²) in [4.78, 5) is 22.8. The van der Waals surface area contributed by atoms with Crippen molar-refractivity contribution in [2.45, 2.75) is 57.8 Å². The molecule has 192 valence electrons. The van der Waals surface area contributed by atoms with E-state index in [1.54, 1.807) is 12.2 Å². The Bertz CT molecular complexity index is 1090. The lowest BCUT2D eigenvalue weighted by atomic mass is 9.86. The number of halogens is 1. The van der Waals surface area contributed by atoms with E-state index in [2.05, 4.69) is 55.3 Å². The van der Waals surface area contributed by atoms with Gasteiger partial charge in [0.1, 0.15) is 6.17 Å². The maximum absolute atomic E-state index is 15.1. The Morgan fingerprint density at radius 2 is 1.83 bits per heavy atom. The summed E-state index contributed by atoms with van der Waals surface area (Å²) in [5.74, 6) is 0.128. The Balaban J connectivity index is 1.41. The molecule has 1 aromatic rings. The molecule has 2 unspecified atom stereocenters. The second kappa shape index (κ2) is 10.2. The number of amides is 1. The van der Waals surface area contributed by atoms with Crippen LogP contribution in [0, 0.1) is 5.92 Å². The minimum atomic E-state index is -1.19. The van der Waals surface area contributed by atoms with Gasteiger partial charge in [-0.15, -0.1) is 0 Å². The van der Waals surface area contributed by atoms with Gasteiger partial charge in [-0.1, -0.05) is 63.3 Å². The molecule has 2 aliphatic carbocycles. The third kappa shape index (κ3) is 5.41. The number of nitrogens with one attached hydrogen (secondary N) is 1. The van der Waals surface area contributed by atoms with Gasteiger partial charge in [-0.2, -0.15) is 0 Å². The van der Waals surface area contributed by atoms with E-state index >= 15 is 4.39 Å². The number of ether oxygens (including phenoxy) is 1. The molecule has 1 amide bonds. The maximum atomic E-state index is 15.1. The number of alkyl halides is 1. The first kappa shape index (κ1) is 24.8. The first-order valence-corrected chi connectivity index (χ1v) is 13.1. The number of hydrogen-bond donors (Lipinski definition) is 1. The molecule has 5 rings (SSSR count). The molecule has 7 heteroatoms. The molecule has 2 atom stereocenters. The van der Waals surface area contributed by atoms with Crippen molar-refractivity contribution in [3.63, 3.8) is 0 Å². The van der Waals surface area contributed by atoms with Gasteiger partial charge in [0.05, 0.1) is 31.2 Å². The largest absolute Gasteiger partial charge is 0.378 e. The zero-order chi connectivity index (χ0) is 25.3. The molecule has 0 aromatic heterocycles. The summed E-state index contributed by atoms with van der Waals surface area (Å²) >= 11 is 0. The predicted molar refractivity (Wildman–Crippen MR) is 140 cm³/mol. The van der Waals surface area contributed by atoms with Crippen molar-refractivity contribution in [1.82, 2.24) is 15.1 Å². The summed E-state index contributed by atoms with van der Waals surface area (Å²) in [6.45, 7) is 10.1. The number of rotatable bonds is 5. The van der Waals surface area contributed by atoms with Gasteiger partial charge in [-0.05, 0) is 35.5 Å².